The van der Waals surface area contributed by atoms with Gasteiger partial charge in [0, 0.05) is 13.1 Å². The van der Waals surface area contributed by atoms with E-state index in [0.29, 0.717) is 31.1 Å². The van der Waals surface area contributed by atoms with Crippen LogP contribution in [0.2, 0.25) is 0 Å². The van der Waals surface area contributed by atoms with E-state index in [1.165, 1.54) is 0 Å². The zero-order valence-electron chi connectivity index (χ0n) is 8.92. The van der Waals surface area contributed by atoms with Crippen molar-refractivity contribution in [3.8, 4) is 0 Å². The quantitative estimate of drug-likeness (QED) is 0.755. The number of rotatable bonds is 3. The molecule has 88 valence electrons. The molecule has 16 heavy (non-hydrogen) atoms. The Bertz CT molecular complexity index is 379. The molecule has 0 spiro atoms. The first-order chi connectivity index (χ1) is 7.68. The van der Waals surface area contributed by atoms with Crippen LogP contribution in [0.5, 0.6) is 0 Å². The highest BCUT2D eigenvalue weighted by molar-refractivity contribution is 5.73. The number of aliphatic carboxylic acids is 1. The lowest BCUT2D eigenvalue weighted by atomic mass is 10.2. The highest BCUT2D eigenvalue weighted by Gasteiger charge is 2.30. The molecule has 1 unspecified atom stereocenters. The number of aromatic nitrogens is 2. The summed E-state index contributed by atoms with van der Waals surface area (Å²) in [7, 11) is 0. The van der Waals surface area contributed by atoms with Crippen LogP contribution < -0.4 is 0 Å². The summed E-state index contributed by atoms with van der Waals surface area (Å²) in [4.78, 5) is 12.8. The van der Waals surface area contributed by atoms with E-state index in [-0.39, 0.29) is 6.61 Å². The molecule has 7 heteroatoms. The zero-order valence-corrected chi connectivity index (χ0v) is 8.92. The molecule has 1 atom stereocenters. The maximum atomic E-state index is 11.0. The zero-order chi connectivity index (χ0) is 11.5. The van der Waals surface area contributed by atoms with Crippen molar-refractivity contribution in [1.82, 2.24) is 15.2 Å². The highest BCUT2D eigenvalue weighted by Crippen LogP contribution is 2.12. The lowest BCUT2D eigenvalue weighted by Gasteiger charge is -2.31. The number of morpholine rings is 1. The van der Waals surface area contributed by atoms with Gasteiger partial charge in [0.2, 0.25) is 0 Å². The van der Waals surface area contributed by atoms with Gasteiger partial charge in [0.05, 0.1) is 13.2 Å². The summed E-state index contributed by atoms with van der Waals surface area (Å²) in [5.41, 5.74) is 1.36. The van der Waals surface area contributed by atoms with Crippen molar-refractivity contribution in [1.29, 1.82) is 0 Å². The third-order valence-electron chi connectivity index (χ3n) is 2.62. The number of carboxylic acid groups (broad SMARTS) is 1. The SMILES string of the molecule is Cc1nonc1CN1CCOCC1C(=O)O. The van der Waals surface area contributed by atoms with Crippen LogP contribution in [0.4, 0.5) is 0 Å². The molecule has 1 aromatic heterocycles. The van der Waals surface area contributed by atoms with Gasteiger partial charge in [0.1, 0.15) is 17.4 Å². The van der Waals surface area contributed by atoms with Crippen LogP contribution in [0.3, 0.4) is 0 Å². The van der Waals surface area contributed by atoms with E-state index in [0.717, 1.165) is 0 Å². The average molecular weight is 227 g/mol. The molecule has 0 aliphatic carbocycles. The average Bonchev–Trinajstić information content (AvgIpc) is 2.65. The van der Waals surface area contributed by atoms with Gasteiger partial charge in [-0.3, -0.25) is 9.69 Å². The van der Waals surface area contributed by atoms with Crippen molar-refractivity contribution in [3.05, 3.63) is 11.4 Å². The number of hydrogen-bond acceptors (Lipinski definition) is 6. The van der Waals surface area contributed by atoms with Gasteiger partial charge in [-0.25, -0.2) is 4.63 Å². The van der Waals surface area contributed by atoms with Crippen molar-refractivity contribution < 1.29 is 19.3 Å². The number of ether oxygens (including phenoxy) is 1. The molecule has 1 aromatic rings. The van der Waals surface area contributed by atoms with Gasteiger partial charge in [-0.1, -0.05) is 10.3 Å². The summed E-state index contributed by atoms with van der Waals surface area (Å²) < 4.78 is 9.72. The molecule has 0 radical (unpaired) electrons. The maximum Gasteiger partial charge on any atom is 0.323 e. The van der Waals surface area contributed by atoms with Crippen LogP contribution in [0.15, 0.2) is 4.63 Å². The van der Waals surface area contributed by atoms with Crippen molar-refractivity contribution in [3.63, 3.8) is 0 Å². The van der Waals surface area contributed by atoms with E-state index in [1.54, 1.807) is 11.8 Å². The minimum Gasteiger partial charge on any atom is -0.480 e. The van der Waals surface area contributed by atoms with E-state index >= 15 is 0 Å². The number of nitrogens with zero attached hydrogens (tertiary/aromatic N) is 3. The van der Waals surface area contributed by atoms with Crippen LogP contribution in [0.25, 0.3) is 0 Å². The van der Waals surface area contributed by atoms with Crippen molar-refractivity contribution in [2.75, 3.05) is 19.8 Å². The first-order valence-electron chi connectivity index (χ1n) is 5.01. The molecule has 0 saturated carbocycles. The van der Waals surface area contributed by atoms with Gasteiger partial charge in [0.15, 0.2) is 0 Å². The van der Waals surface area contributed by atoms with Crippen LogP contribution in [-0.2, 0) is 16.1 Å². The van der Waals surface area contributed by atoms with Crippen LogP contribution in [-0.4, -0.2) is 52.1 Å². The molecular weight excluding hydrogens is 214 g/mol. The van der Waals surface area contributed by atoms with E-state index < -0.39 is 12.0 Å². The fraction of sp³-hybridized carbons (Fsp3) is 0.667. The summed E-state index contributed by atoms with van der Waals surface area (Å²) in [6.45, 7) is 3.52. The summed E-state index contributed by atoms with van der Waals surface area (Å²) in [6, 6.07) is -0.621. The Kier molecular flexibility index (Phi) is 3.16. The maximum absolute atomic E-state index is 11.0. The van der Waals surface area contributed by atoms with E-state index in [9.17, 15) is 4.79 Å². The third-order valence-corrected chi connectivity index (χ3v) is 2.62. The standard InChI is InChI=1S/C9H13N3O4/c1-6-7(11-16-10-6)4-12-2-3-15-5-8(12)9(13)14/h8H,2-5H2,1H3,(H,13,14). The Labute approximate surface area is 91.9 Å². The Balaban J connectivity index is 2.07. The van der Waals surface area contributed by atoms with Gasteiger partial charge in [0.25, 0.3) is 0 Å². The molecule has 1 fully saturated rings. The number of carboxylic acids is 1. The normalized spacial score (nSPS) is 22.2. The number of hydrogen-bond donors (Lipinski definition) is 1. The van der Waals surface area contributed by atoms with Gasteiger partial charge in [-0.05, 0) is 6.92 Å². The Hall–Kier alpha value is -1.47. The largest absolute Gasteiger partial charge is 0.480 e. The molecule has 0 amide bonds. The fourth-order valence-corrected chi connectivity index (χ4v) is 1.64. The van der Waals surface area contributed by atoms with Gasteiger partial charge < -0.3 is 9.84 Å². The summed E-state index contributed by atoms with van der Waals surface area (Å²) >= 11 is 0. The Morgan fingerprint density at radius 2 is 2.44 bits per heavy atom. The summed E-state index contributed by atoms with van der Waals surface area (Å²) in [5.74, 6) is -0.881. The van der Waals surface area contributed by atoms with Crippen LogP contribution in [0, 0.1) is 6.92 Å². The van der Waals surface area contributed by atoms with E-state index in [1.807, 2.05) is 0 Å². The molecular formula is C9H13N3O4. The first-order valence-corrected chi connectivity index (χ1v) is 5.01. The van der Waals surface area contributed by atoms with E-state index in [4.69, 9.17) is 9.84 Å². The molecule has 7 nitrogen and oxygen atoms in total. The molecule has 1 saturated heterocycles. The lowest BCUT2D eigenvalue weighted by molar-refractivity contribution is -0.150. The summed E-state index contributed by atoms with van der Waals surface area (Å²) in [5, 5.41) is 16.4. The first kappa shape index (κ1) is 11.0. The molecule has 0 aromatic carbocycles. The molecule has 1 aliphatic heterocycles. The second-order valence-corrected chi connectivity index (χ2v) is 3.70. The predicted molar refractivity (Wildman–Crippen MR) is 51.7 cm³/mol. The van der Waals surface area contributed by atoms with Crippen molar-refractivity contribution in [2.45, 2.75) is 19.5 Å². The van der Waals surface area contributed by atoms with Gasteiger partial charge in [-0.15, -0.1) is 0 Å². The minimum absolute atomic E-state index is 0.208. The Morgan fingerprint density at radius 1 is 1.62 bits per heavy atom. The van der Waals surface area contributed by atoms with Gasteiger partial charge >= 0.3 is 5.97 Å². The third kappa shape index (κ3) is 2.20. The monoisotopic (exact) mass is 227 g/mol. The summed E-state index contributed by atoms with van der Waals surface area (Å²) in [6.07, 6.45) is 0. The Morgan fingerprint density at radius 3 is 3.06 bits per heavy atom. The smallest absolute Gasteiger partial charge is 0.323 e. The lowest BCUT2D eigenvalue weighted by Crippen LogP contribution is -2.49. The highest BCUT2D eigenvalue weighted by atomic mass is 16.6. The predicted octanol–water partition coefficient (Wildman–Crippen LogP) is -0.337. The number of aryl methyl sites for hydroxylation is 1. The number of carbonyl (C=O) groups is 1. The fourth-order valence-electron chi connectivity index (χ4n) is 1.64. The minimum atomic E-state index is -0.881. The molecule has 0 bridgehead atoms. The van der Waals surface area contributed by atoms with Gasteiger partial charge in [-0.2, -0.15) is 0 Å². The van der Waals surface area contributed by atoms with Crippen LogP contribution in [0.1, 0.15) is 11.4 Å². The van der Waals surface area contributed by atoms with Crippen molar-refractivity contribution in [2.24, 2.45) is 0 Å². The van der Waals surface area contributed by atoms with Crippen LogP contribution >= 0.6 is 0 Å². The molecule has 2 rings (SSSR count). The molecule has 2 heterocycles. The molecule has 1 aliphatic rings. The topological polar surface area (TPSA) is 88.7 Å². The second-order valence-electron chi connectivity index (χ2n) is 3.70. The molecule has 1 N–H and O–H groups in total. The van der Waals surface area contributed by atoms with Crippen molar-refractivity contribution >= 4 is 5.97 Å². The van der Waals surface area contributed by atoms with E-state index in [2.05, 4.69) is 14.9 Å². The second kappa shape index (κ2) is 4.58.